The lowest BCUT2D eigenvalue weighted by Gasteiger charge is -2.24. The largest absolute Gasteiger partial charge is 0.333 e. The summed E-state index contributed by atoms with van der Waals surface area (Å²) in [5.41, 5.74) is 3.04. The van der Waals surface area contributed by atoms with E-state index in [1.54, 1.807) is 16.2 Å². The fourth-order valence-corrected chi connectivity index (χ4v) is 7.03. The maximum Gasteiger partial charge on any atom is 0.254 e. The van der Waals surface area contributed by atoms with Crippen molar-refractivity contribution in [3.63, 3.8) is 0 Å². The van der Waals surface area contributed by atoms with E-state index in [4.69, 9.17) is 4.98 Å². The van der Waals surface area contributed by atoms with Crippen molar-refractivity contribution < 1.29 is 4.79 Å². The Hall–Kier alpha value is -1.50. The highest BCUT2D eigenvalue weighted by molar-refractivity contribution is 8.16. The molecule has 27 heavy (non-hydrogen) atoms. The van der Waals surface area contributed by atoms with Gasteiger partial charge in [0.2, 0.25) is 0 Å². The van der Waals surface area contributed by atoms with Crippen molar-refractivity contribution in [3.8, 4) is 0 Å². The summed E-state index contributed by atoms with van der Waals surface area (Å²) in [7, 11) is 1.86. The second kappa shape index (κ2) is 8.25. The fourth-order valence-electron chi connectivity index (χ4n) is 3.08. The predicted molar refractivity (Wildman–Crippen MR) is 119 cm³/mol. The Morgan fingerprint density at radius 1 is 1.11 bits per heavy atom. The summed E-state index contributed by atoms with van der Waals surface area (Å²) in [5.74, 6) is 2.49. The van der Waals surface area contributed by atoms with E-state index in [0.29, 0.717) is 4.58 Å². The molecule has 0 spiro atoms. The van der Waals surface area contributed by atoms with E-state index in [1.165, 1.54) is 23.5 Å². The first kappa shape index (κ1) is 18.8. The van der Waals surface area contributed by atoms with Crippen LogP contribution in [-0.4, -0.2) is 34.3 Å². The summed E-state index contributed by atoms with van der Waals surface area (Å²) in [6.07, 6.45) is 1.29. The number of thiazole rings is 1. The van der Waals surface area contributed by atoms with Crippen molar-refractivity contribution in [2.45, 2.75) is 24.0 Å². The fraction of sp³-hybridized carbons (Fsp3) is 0.333. The number of fused-ring (bicyclic) bond motifs is 1. The Labute approximate surface area is 172 Å². The number of para-hydroxylation sites is 1. The van der Waals surface area contributed by atoms with E-state index >= 15 is 0 Å². The van der Waals surface area contributed by atoms with Crippen LogP contribution >= 0.6 is 34.9 Å². The number of amides is 1. The van der Waals surface area contributed by atoms with Crippen molar-refractivity contribution in [2.24, 2.45) is 0 Å². The summed E-state index contributed by atoms with van der Waals surface area (Å²) < 4.78 is 1.66. The zero-order valence-corrected chi connectivity index (χ0v) is 17.9. The molecule has 0 N–H and O–H groups in total. The minimum atomic E-state index is -0.0565. The van der Waals surface area contributed by atoms with Crippen LogP contribution in [0.4, 0.5) is 0 Å². The lowest BCUT2D eigenvalue weighted by Crippen LogP contribution is -2.29. The molecule has 0 aliphatic carbocycles. The van der Waals surface area contributed by atoms with Crippen LogP contribution in [0, 0.1) is 0 Å². The number of rotatable bonds is 4. The van der Waals surface area contributed by atoms with Gasteiger partial charge in [0.1, 0.15) is 5.01 Å². The highest BCUT2D eigenvalue weighted by atomic mass is 32.2. The van der Waals surface area contributed by atoms with Crippen LogP contribution in [0.15, 0.2) is 48.5 Å². The molecule has 1 aliphatic heterocycles. The number of aromatic nitrogens is 1. The minimum Gasteiger partial charge on any atom is -0.333 e. The van der Waals surface area contributed by atoms with Gasteiger partial charge in [0.05, 0.1) is 20.8 Å². The number of thioether (sulfide) groups is 2. The van der Waals surface area contributed by atoms with E-state index in [1.807, 2.05) is 67.8 Å². The van der Waals surface area contributed by atoms with E-state index in [9.17, 15) is 4.79 Å². The summed E-state index contributed by atoms with van der Waals surface area (Å²) in [6, 6.07) is 16.2. The van der Waals surface area contributed by atoms with E-state index in [0.717, 1.165) is 20.8 Å². The molecule has 1 fully saturated rings. The van der Waals surface area contributed by atoms with Gasteiger partial charge < -0.3 is 4.90 Å². The molecule has 1 saturated heterocycles. The van der Waals surface area contributed by atoms with Gasteiger partial charge in [-0.25, -0.2) is 4.98 Å². The number of carbonyl (C=O) groups is 1. The van der Waals surface area contributed by atoms with Crippen molar-refractivity contribution in [1.29, 1.82) is 0 Å². The average molecular weight is 415 g/mol. The predicted octanol–water partition coefficient (Wildman–Crippen LogP) is 6.00. The Morgan fingerprint density at radius 2 is 1.81 bits per heavy atom. The van der Waals surface area contributed by atoms with Gasteiger partial charge in [0.25, 0.3) is 5.91 Å². The SMILES string of the molecule is C[C@H](c1nc2ccccc2s1)N(C)C(=O)c1ccc(C2SCCCS2)cc1. The van der Waals surface area contributed by atoms with E-state index in [-0.39, 0.29) is 11.9 Å². The molecule has 3 nitrogen and oxygen atoms in total. The Kier molecular flexibility index (Phi) is 5.76. The standard InChI is InChI=1S/C21H22N2OS3/c1-14(19-22-17-6-3-4-7-18(17)27-19)23(2)20(24)15-8-10-16(11-9-15)21-25-12-5-13-26-21/h3-4,6-11,14,21H,5,12-13H2,1-2H3/t14-/m1/s1. The summed E-state index contributed by atoms with van der Waals surface area (Å²) >= 11 is 5.66. The lowest BCUT2D eigenvalue weighted by molar-refractivity contribution is 0.0742. The molecule has 2 heterocycles. The van der Waals surface area contributed by atoms with Crippen molar-refractivity contribution >= 4 is 51.0 Å². The van der Waals surface area contributed by atoms with Gasteiger partial charge in [-0.1, -0.05) is 24.3 Å². The Balaban J connectivity index is 1.49. The number of nitrogens with zero attached hydrogens (tertiary/aromatic N) is 2. The molecule has 6 heteroatoms. The number of carbonyl (C=O) groups excluding carboxylic acids is 1. The number of hydrogen-bond acceptors (Lipinski definition) is 5. The van der Waals surface area contributed by atoms with Gasteiger partial charge in [-0.15, -0.1) is 34.9 Å². The molecule has 1 amide bonds. The first-order chi connectivity index (χ1) is 13.1. The van der Waals surface area contributed by atoms with Crippen LogP contribution in [0.2, 0.25) is 0 Å². The third-order valence-electron chi connectivity index (χ3n) is 4.83. The second-order valence-corrected chi connectivity index (χ2v) is 10.4. The first-order valence-corrected chi connectivity index (χ1v) is 12.0. The molecule has 2 aromatic carbocycles. The molecule has 1 aliphatic rings. The Bertz CT molecular complexity index is 899. The molecule has 1 aromatic heterocycles. The lowest BCUT2D eigenvalue weighted by atomic mass is 10.1. The highest BCUT2D eigenvalue weighted by Gasteiger charge is 2.22. The summed E-state index contributed by atoms with van der Waals surface area (Å²) in [6.45, 7) is 2.04. The molecule has 0 bridgehead atoms. The molecule has 4 rings (SSSR count). The zero-order chi connectivity index (χ0) is 18.8. The summed E-state index contributed by atoms with van der Waals surface area (Å²) in [4.78, 5) is 19.4. The van der Waals surface area contributed by atoms with Crippen LogP contribution < -0.4 is 0 Å². The van der Waals surface area contributed by atoms with E-state index in [2.05, 4.69) is 18.2 Å². The Morgan fingerprint density at radius 3 is 2.52 bits per heavy atom. The molecule has 1 atom stereocenters. The molecule has 0 saturated carbocycles. The van der Waals surface area contributed by atoms with Crippen LogP contribution in [0.25, 0.3) is 10.2 Å². The van der Waals surface area contributed by atoms with Crippen molar-refractivity contribution in [2.75, 3.05) is 18.6 Å². The van der Waals surface area contributed by atoms with E-state index < -0.39 is 0 Å². The van der Waals surface area contributed by atoms with Crippen LogP contribution in [0.1, 0.15) is 44.9 Å². The number of benzene rings is 2. The van der Waals surface area contributed by atoms with Gasteiger partial charge in [0.15, 0.2) is 0 Å². The van der Waals surface area contributed by atoms with Crippen molar-refractivity contribution in [3.05, 3.63) is 64.7 Å². The van der Waals surface area contributed by atoms with Crippen LogP contribution in [0.3, 0.4) is 0 Å². The smallest absolute Gasteiger partial charge is 0.254 e. The maximum atomic E-state index is 13.0. The molecular formula is C21H22N2OS3. The molecule has 140 valence electrons. The first-order valence-electron chi connectivity index (χ1n) is 9.09. The number of hydrogen-bond donors (Lipinski definition) is 0. The van der Waals surface area contributed by atoms with Gasteiger partial charge in [-0.3, -0.25) is 4.79 Å². The summed E-state index contributed by atoms with van der Waals surface area (Å²) in [5, 5.41) is 0.971. The monoisotopic (exact) mass is 414 g/mol. The molecule has 0 radical (unpaired) electrons. The van der Waals surface area contributed by atoms with Crippen LogP contribution in [0.5, 0.6) is 0 Å². The third-order valence-corrected chi connectivity index (χ3v) is 9.05. The minimum absolute atomic E-state index is 0.0391. The third kappa shape index (κ3) is 4.03. The normalized spacial score (nSPS) is 16.4. The topological polar surface area (TPSA) is 33.2 Å². The van der Waals surface area contributed by atoms with Gasteiger partial charge >= 0.3 is 0 Å². The maximum absolute atomic E-state index is 13.0. The van der Waals surface area contributed by atoms with Gasteiger partial charge in [-0.2, -0.15) is 0 Å². The zero-order valence-electron chi connectivity index (χ0n) is 15.4. The van der Waals surface area contributed by atoms with Gasteiger partial charge in [0, 0.05) is 12.6 Å². The molecular weight excluding hydrogens is 392 g/mol. The molecule has 3 aromatic rings. The van der Waals surface area contributed by atoms with Gasteiger partial charge in [-0.05, 0) is 54.7 Å². The highest BCUT2D eigenvalue weighted by Crippen LogP contribution is 2.43. The molecule has 0 unspecified atom stereocenters. The van der Waals surface area contributed by atoms with Crippen LogP contribution in [-0.2, 0) is 0 Å². The quantitative estimate of drug-likeness (QED) is 0.524. The average Bonchev–Trinajstić information content (AvgIpc) is 3.17. The van der Waals surface area contributed by atoms with Crippen molar-refractivity contribution in [1.82, 2.24) is 9.88 Å². The second-order valence-electron chi connectivity index (χ2n) is 6.66.